The molecule has 1 saturated heterocycles. The number of hydrogen-bond donors (Lipinski definition) is 2. The number of carbonyl (C=O) groups excluding carboxylic acids is 1. The van der Waals surface area contributed by atoms with Gasteiger partial charge in [-0.05, 0) is 30.5 Å². The summed E-state index contributed by atoms with van der Waals surface area (Å²) in [7, 11) is 1.71. The van der Waals surface area contributed by atoms with Gasteiger partial charge < -0.3 is 25.0 Å². The molecule has 2 heterocycles. The van der Waals surface area contributed by atoms with Crippen LogP contribution in [0.4, 0.5) is 4.39 Å². The average Bonchev–Trinajstić information content (AvgIpc) is 3.14. The third kappa shape index (κ3) is 4.88. The van der Waals surface area contributed by atoms with Gasteiger partial charge in [-0.15, -0.1) is 0 Å². The second-order valence-electron chi connectivity index (χ2n) is 6.74. The summed E-state index contributed by atoms with van der Waals surface area (Å²) in [5, 5.41) is 6.61. The predicted octanol–water partition coefficient (Wildman–Crippen LogP) is 1.41. The largest absolute Gasteiger partial charge is 0.467 e. The summed E-state index contributed by atoms with van der Waals surface area (Å²) in [5.74, 6) is 1.30. The van der Waals surface area contributed by atoms with E-state index in [9.17, 15) is 9.18 Å². The molecule has 0 spiro atoms. The van der Waals surface area contributed by atoms with Crippen LogP contribution in [-0.2, 0) is 22.6 Å². The maximum atomic E-state index is 13.8. The van der Waals surface area contributed by atoms with E-state index in [0.717, 1.165) is 29.8 Å². The molecule has 0 bridgehead atoms. The molecule has 1 aromatic carbocycles. The Labute approximate surface area is 158 Å². The zero-order valence-corrected chi connectivity index (χ0v) is 15.9. The van der Waals surface area contributed by atoms with Crippen molar-refractivity contribution in [2.75, 3.05) is 33.5 Å². The molecule has 1 fully saturated rings. The average molecular weight is 378 g/mol. The van der Waals surface area contributed by atoms with Crippen molar-refractivity contribution < 1.29 is 18.7 Å². The lowest BCUT2D eigenvalue weighted by molar-refractivity contribution is -0.129. The lowest BCUT2D eigenvalue weighted by Crippen LogP contribution is -2.45. The van der Waals surface area contributed by atoms with Gasteiger partial charge in [0.1, 0.15) is 11.6 Å². The number of amides is 1. The molecular formula is C19H27FN4O3. The number of rotatable bonds is 5. The fourth-order valence-corrected chi connectivity index (χ4v) is 3.47. The lowest BCUT2D eigenvalue weighted by Gasteiger charge is -2.21. The number of benzene rings is 1. The lowest BCUT2D eigenvalue weighted by atomic mass is 10.1. The summed E-state index contributed by atoms with van der Waals surface area (Å²) in [5.41, 5.74) is 1.56. The van der Waals surface area contributed by atoms with Crippen molar-refractivity contribution in [2.24, 2.45) is 4.99 Å². The fraction of sp³-hybridized carbons (Fsp3) is 0.579. The zero-order chi connectivity index (χ0) is 19.2. The highest BCUT2D eigenvalue weighted by Gasteiger charge is 2.25. The Kier molecular flexibility index (Phi) is 6.49. The van der Waals surface area contributed by atoms with Crippen LogP contribution in [0.5, 0.6) is 5.75 Å². The smallest absolute Gasteiger partial charge is 0.222 e. The molecule has 2 N–H and O–H groups in total. The number of fused-ring (bicyclic) bond motifs is 1. The molecule has 1 unspecified atom stereocenters. The SMILES string of the molecule is CCC(=O)N1CCC(NC(=NC)NCCc2cc(F)cc3c2OCOC3)C1. The molecule has 7 nitrogen and oxygen atoms in total. The highest BCUT2D eigenvalue weighted by atomic mass is 19.1. The van der Waals surface area contributed by atoms with E-state index >= 15 is 0 Å². The number of ether oxygens (including phenoxy) is 2. The molecule has 0 radical (unpaired) electrons. The molecule has 0 aliphatic carbocycles. The Hall–Kier alpha value is -2.35. The van der Waals surface area contributed by atoms with Crippen LogP contribution in [0, 0.1) is 5.82 Å². The number of nitrogens with zero attached hydrogens (tertiary/aromatic N) is 2. The first-order chi connectivity index (χ1) is 13.1. The maximum absolute atomic E-state index is 13.8. The predicted molar refractivity (Wildman–Crippen MR) is 100 cm³/mol. The summed E-state index contributed by atoms with van der Waals surface area (Å²) in [6.45, 7) is 4.49. The van der Waals surface area contributed by atoms with E-state index in [2.05, 4.69) is 15.6 Å². The molecule has 0 saturated carbocycles. The van der Waals surface area contributed by atoms with Crippen LogP contribution in [0.25, 0.3) is 0 Å². The standard InChI is InChI=1S/C19H27FN4O3/c1-3-17(25)24-7-5-16(10-24)23-19(21-2)22-6-4-13-8-15(20)9-14-11-26-12-27-18(13)14/h8-9,16H,3-7,10-12H2,1-2H3,(H2,21,22,23). The van der Waals surface area contributed by atoms with Gasteiger partial charge in [0, 0.05) is 44.7 Å². The zero-order valence-electron chi connectivity index (χ0n) is 15.9. The van der Waals surface area contributed by atoms with Crippen LogP contribution in [0.1, 0.15) is 30.9 Å². The van der Waals surface area contributed by atoms with Crippen LogP contribution in [0.15, 0.2) is 17.1 Å². The number of aliphatic imine (C=N–C) groups is 1. The van der Waals surface area contributed by atoms with Crippen molar-refractivity contribution in [1.82, 2.24) is 15.5 Å². The molecule has 2 aliphatic heterocycles. The van der Waals surface area contributed by atoms with E-state index in [4.69, 9.17) is 9.47 Å². The van der Waals surface area contributed by atoms with Crippen LogP contribution >= 0.6 is 0 Å². The molecule has 8 heteroatoms. The number of carbonyl (C=O) groups is 1. The Morgan fingerprint density at radius 1 is 1.44 bits per heavy atom. The number of halogens is 1. The van der Waals surface area contributed by atoms with Crippen LogP contribution in [0.3, 0.4) is 0 Å². The molecular weight excluding hydrogens is 351 g/mol. The van der Waals surface area contributed by atoms with Crippen molar-refractivity contribution >= 4 is 11.9 Å². The van der Waals surface area contributed by atoms with Gasteiger partial charge in [-0.1, -0.05) is 6.92 Å². The summed E-state index contributed by atoms with van der Waals surface area (Å²) in [4.78, 5) is 17.9. The van der Waals surface area contributed by atoms with E-state index in [0.29, 0.717) is 38.5 Å². The first-order valence-electron chi connectivity index (χ1n) is 9.37. The van der Waals surface area contributed by atoms with Crippen LogP contribution in [0.2, 0.25) is 0 Å². The van der Waals surface area contributed by atoms with Crippen molar-refractivity contribution in [3.8, 4) is 5.75 Å². The van der Waals surface area contributed by atoms with Crippen molar-refractivity contribution in [1.29, 1.82) is 0 Å². The number of guanidine groups is 1. The number of hydrogen-bond acceptors (Lipinski definition) is 4. The van der Waals surface area contributed by atoms with E-state index in [1.165, 1.54) is 12.1 Å². The minimum Gasteiger partial charge on any atom is -0.467 e. The van der Waals surface area contributed by atoms with Crippen molar-refractivity contribution in [3.05, 3.63) is 29.1 Å². The Balaban J connectivity index is 1.51. The van der Waals surface area contributed by atoms with Crippen LogP contribution in [-0.4, -0.2) is 56.3 Å². The van der Waals surface area contributed by atoms with Gasteiger partial charge in [-0.2, -0.15) is 0 Å². The van der Waals surface area contributed by atoms with Gasteiger partial charge in [0.05, 0.1) is 6.61 Å². The second-order valence-corrected chi connectivity index (χ2v) is 6.74. The third-order valence-electron chi connectivity index (χ3n) is 4.85. The highest BCUT2D eigenvalue weighted by Crippen LogP contribution is 2.29. The Morgan fingerprint density at radius 2 is 2.30 bits per heavy atom. The molecule has 1 atom stereocenters. The van der Waals surface area contributed by atoms with Gasteiger partial charge in [-0.25, -0.2) is 4.39 Å². The van der Waals surface area contributed by atoms with Gasteiger partial charge in [0.2, 0.25) is 5.91 Å². The van der Waals surface area contributed by atoms with E-state index < -0.39 is 0 Å². The molecule has 148 valence electrons. The fourth-order valence-electron chi connectivity index (χ4n) is 3.47. The molecule has 2 aliphatic rings. The minimum absolute atomic E-state index is 0.183. The second kappa shape index (κ2) is 9.03. The van der Waals surface area contributed by atoms with Crippen LogP contribution < -0.4 is 15.4 Å². The van der Waals surface area contributed by atoms with E-state index in [-0.39, 0.29) is 24.6 Å². The van der Waals surface area contributed by atoms with Gasteiger partial charge >= 0.3 is 0 Å². The van der Waals surface area contributed by atoms with Crippen molar-refractivity contribution in [2.45, 2.75) is 38.8 Å². The summed E-state index contributed by atoms with van der Waals surface area (Å²) < 4.78 is 24.6. The molecule has 3 rings (SSSR count). The van der Waals surface area contributed by atoms with E-state index in [1.54, 1.807) is 7.05 Å². The van der Waals surface area contributed by atoms with E-state index in [1.807, 2.05) is 11.8 Å². The highest BCUT2D eigenvalue weighted by molar-refractivity contribution is 5.80. The first kappa shape index (κ1) is 19.4. The van der Waals surface area contributed by atoms with Gasteiger partial charge in [-0.3, -0.25) is 9.79 Å². The monoisotopic (exact) mass is 378 g/mol. The number of likely N-dealkylation sites (tertiary alicyclic amines) is 1. The minimum atomic E-state index is -0.285. The van der Waals surface area contributed by atoms with Gasteiger partial charge in [0.15, 0.2) is 12.8 Å². The quantitative estimate of drug-likeness (QED) is 0.599. The third-order valence-corrected chi connectivity index (χ3v) is 4.85. The topological polar surface area (TPSA) is 75.2 Å². The molecule has 27 heavy (non-hydrogen) atoms. The Bertz CT molecular complexity index is 710. The summed E-state index contributed by atoms with van der Waals surface area (Å²) >= 11 is 0. The first-order valence-corrected chi connectivity index (χ1v) is 9.37. The van der Waals surface area contributed by atoms with Crippen molar-refractivity contribution in [3.63, 3.8) is 0 Å². The molecule has 0 aromatic heterocycles. The molecule has 1 aromatic rings. The number of nitrogens with one attached hydrogen (secondary N) is 2. The summed E-state index contributed by atoms with van der Waals surface area (Å²) in [6.07, 6.45) is 2.04. The summed E-state index contributed by atoms with van der Waals surface area (Å²) in [6, 6.07) is 3.15. The molecule has 1 amide bonds. The normalized spacial score (nSPS) is 19.4. The maximum Gasteiger partial charge on any atom is 0.222 e. The Morgan fingerprint density at radius 3 is 3.07 bits per heavy atom. The van der Waals surface area contributed by atoms with Gasteiger partial charge in [0.25, 0.3) is 0 Å².